The maximum absolute atomic E-state index is 12.0. The second kappa shape index (κ2) is 4.44. The van der Waals surface area contributed by atoms with Gasteiger partial charge in [-0.15, -0.1) is 0 Å². The number of halogens is 2. The third-order valence-corrected chi connectivity index (χ3v) is 1.69. The van der Waals surface area contributed by atoms with Crippen molar-refractivity contribution in [3.63, 3.8) is 0 Å². The molecule has 7 heteroatoms. The molecule has 0 bridgehead atoms. The summed E-state index contributed by atoms with van der Waals surface area (Å²) in [4.78, 5) is 10.7. The Labute approximate surface area is 88.7 Å². The first kappa shape index (κ1) is 11.7. The summed E-state index contributed by atoms with van der Waals surface area (Å²) >= 11 is 0. The molecular formula is C9H6F2N2O3. The Balaban J connectivity index is 3.35. The fraction of sp³-hybridized carbons (Fsp3) is 0.111. The minimum atomic E-state index is -3.19. The van der Waals surface area contributed by atoms with Crippen LogP contribution in [0.2, 0.25) is 0 Å². The number of hydrogen-bond acceptors (Lipinski definition) is 4. The summed E-state index contributed by atoms with van der Waals surface area (Å²) in [6.45, 7) is -3.19. The highest BCUT2D eigenvalue weighted by Crippen LogP contribution is 2.28. The number of nitrogen functional groups attached to an aromatic ring is 1. The van der Waals surface area contributed by atoms with Crippen LogP contribution in [0.3, 0.4) is 0 Å². The van der Waals surface area contributed by atoms with Crippen molar-refractivity contribution in [2.45, 2.75) is 6.61 Å². The van der Waals surface area contributed by atoms with Crippen molar-refractivity contribution >= 4 is 11.7 Å². The van der Waals surface area contributed by atoms with E-state index < -0.39 is 23.9 Å². The zero-order valence-corrected chi connectivity index (χ0v) is 7.78. The lowest BCUT2D eigenvalue weighted by molar-refractivity contribution is -0.0502. The number of ether oxygens (including phenoxy) is 1. The fourth-order valence-electron chi connectivity index (χ4n) is 1.12. The molecule has 0 fully saturated rings. The molecule has 0 saturated carbocycles. The molecule has 1 rings (SSSR count). The molecule has 0 aromatic heterocycles. The Bertz CT molecular complexity index is 469. The number of nitrogens with two attached hydrogens (primary N) is 1. The van der Waals surface area contributed by atoms with Crippen LogP contribution in [0.5, 0.6) is 5.75 Å². The predicted octanol–water partition coefficient (Wildman–Crippen LogP) is 1.44. The molecule has 0 aliphatic rings. The van der Waals surface area contributed by atoms with Gasteiger partial charge in [0.1, 0.15) is 11.3 Å². The SMILES string of the molecule is N#Cc1cc(N)c(C(=O)O)c(OC(F)F)c1. The summed E-state index contributed by atoms with van der Waals surface area (Å²) in [5.41, 5.74) is 4.37. The second-order valence-corrected chi connectivity index (χ2v) is 2.73. The number of carboxylic acid groups (broad SMARTS) is 1. The molecule has 84 valence electrons. The van der Waals surface area contributed by atoms with Crippen LogP contribution in [-0.4, -0.2) is 17.7 Å². The van der Waals surface area contributed by atoms with Gasteiger partial charge in [-0.2, -0.15) is 14.0 Å². The highest BCUT2D eigenvalue weighted by atomic mass is 19.3. The highest BCUT2D eigenvalue weighted by molar-refractivity contribution is 5.97. The lowest BCUT2D eigenvalue weighted by Gasteiger charge is -2.10. The monoisotopic (exact) mass is 228 g/mol. The number of carbonyl (C=O) groups is 1. The van der Waals surface area contributed by atoms with Crippen molar-refractivity contribution in [1.29, 1.82) is 5.26 Å². The fourth-order valence-corrected chi connectivity index (χ4v) is 1.12. The summed E-state index contributed by atoms with van der Waals surface area (Å²) in [6.07, 6.45) is 0. The van der Waals surface area contributed by atoms with Crippen LogP contribution in [0.1, 0.15) is 15.9 Å². The Hall–Kier alpha value is -2.36. The van der Waals surface area contributed by atoms with Crippen LogP contribution in [0.15, 0.2) is 12.1 Å². The van der Waals surface area contributed by atoms with Crippen LogP contribution >= 0.6 is 0 Å². The molecule has 0 radical (unpaired) electrons. The van der Waals surface area contributed by atoms with Gasteiger partial charge in [-0.25, -0.2) is 4.79 Å². The van der Waals surface area contributed by atoms with Crippen molar-refractivity contribution in [2.75, 3.05) is 5.73 Å². The molecular weight excluding hydrogens is 222 g/mol. The number of alkyl halides is 2. The normalized spacial score (nSPS) is 9.88. The van der Waals surface area contributed by atoms with Gasteiger partial charge in [-0.05, 0) is 12.1 Å². The van der Waals surface area contributed by atoms with E-state index >= 15 is 0 Å². The Kier molecular flexibility index (Phi) is 3.25. The van der Waals surface area contributed by atoms with Gasteiger partial charge in [0.05, 0.1) is 17.3 Å². The standard InChI is InChI=1S/C9H6F2N2O3/c10-9(11)16-6-2-4(3-12)1-5(13)7(6)8(14)15/h1-2,9H,13H2,(H,14,15). The van der Waals surface area contributed by atoms with Gasteiger partial charge in [0.2, 0.25) is 0 Å². The van der Waals surface area contributed by atoms with Crippen LogP contribution in [0.25, 0.3) is 0 Å². The van der Waals surface area contributed by atoms with Gasteiger partial charge >= 0.3 is 12.6 Å². The van der Waals surface area contributed by atoms with Crippen molar-refractivity contribution in [1.82, 2.24) is 0 Å². The largest absolute Gasteiger partial charge is 0.477 e. The third-order valence-electron chi connectivity index (χ3n) is 1.69. The molecule has 0 saturated heterocycles. The summed E-state index contributed by atoms with van der Waals surface area (Å²) in [7, 11) is 0. The lowest BCUT2D eigenvalue weighted by atomic mass is 10.1. The number of carboxylic acids is 1. The molecule has 1 aromatic rings. The number of hydrogen-bond donors (Lipinski definition) is 2. The zero-order valence-electron chi connectivity index (χ0n) is 7.78. The summed E-state index contributed by atoms with van der Waals surface area (Å²) in [6, 6.07) is 3.62. The van der Waals surface area contributed by atoms with E-state index in [-0.39, 0.29) is 11.3 Å². The first-order valence-corrected chi connectivity index (χ1v) is 3.97. The first-order valence-electron chi connectivity index (χ1n) is 3.97. The molecule has 0 aliphatic carbocycles. The Morgan fingerprint density at radius 3 is 2.62 bits per heavy atom. The van der Waals surface area contributed by atoms with E-state index in [1.54, 1.807) is 6.07 Å². The maximum Gasteiger partial charge on any atom is 0.387 e. The summed E-state index contributed by atoms with van der Waals surface area (Å²) in [5.74, 6) is -2.13. The molecule has 0 spiro atoms. The first-order chi connectivity index (χ1) is 7.45. The van der Waals surface area contributed by atoms with E-state index in [4.69, 9.17) is 16.1 Å². The minimum absolute atomic E-state index is 0.0573. The van der Waals surface area contributed by atoms with E-state index in [1.807, 2.05) is 0 Å². The second-order valence-electron chi connectivity index (χ2n) is 2.73. The average Bonchev–Trinajstić information content (AvgIpc) is 2.14. The topological polar surface area (TPSA) is 96.3 Å². The minimum Gasteiger partial charge on any atom is -0.477 e. The molecule has 0 aliphatic heterocycles. The quantitative estimate of drug-likeness (QED) is 0.763. The average molecular weight is 228 g/mol. The van der Waals surface area contributed by atoms with Crippen molar-refractivity contribution in [3.8, 4) is 11.8 Å². The molecule has 0 heterocycles. The Morgan fingerprint density at radius 1 is 1.56 bits per heavy atom. The van der Waals surface area contributed by atoms with E-state index in [0.29, 0.717) is 0 Å². The smallest absolute Gasteiger partial charge is 0.387 e. The number of benzene rings is 1. The van der Waals surface area contributed by atoms with Crippen LogP contribution in [0, 0.1) is 11.3 Å². The zero-order chi connectivity index (χ0) is 12.3. The van der Waals surface area contributed by atoms with Gasteiger partial charge in [-0.3, -0.25) is 0 Å². The predicted molar refractivity (Wildman–Crippen MR) is 49.2 cm³/mol. The molecule has 16 heavy (non-hydrogen) atoms. The van der Waals surface area contributed by atoms with Gasteiger partial charge in [-0.1, -0.05) is 0 Å². The van der Waals surface area contributed by atoms with Crippen LogP contribution in [0.4, 0.5) is 14.5 Å². The lowest BCUT2D eigenvalue weighted by Crippen LogP contribution is -2.10. The highest BCUT2D eigenvalue weighted by Gasteiger charge is 2.19. The van der Waals surface area contributed by atoms with Crippen molar-refractivity contribution < 1.29 is 23.4 Å². The van der Waals surface area contributed by atoms with Gasteiger partial charge in [0, 0.05) is 0 Å². The van der Waals surface area contributed by atoms with E-state index in [2.05, 4.69) is 4.74 Å². The van der Waals surface area contributed by atoms with E-state index in [0.717, 1.165) is 12.1 Å². The molecule has 5 nitrogen and oxygen atoms in total. The number of anilines is 1. The maximum atomic E-state index is 12.0. The number of rotatable bonds is 3. The van der Waals surface area contributed by atoms with E-state index in [1.165, 1.54) is 0 Å². The molecule has 0 amide bonds. The van der Waals surface area contributed by atoms with Crippen molar-refractivity contribution in [3.05, 3.63) is 23.3 Å². The third kappa shape index (κ3) is 2.36. The van der Waals surface area contributed by atoms with Crippen LogP contribution < -0.4 is 10.5 Å². The van der Waals surface area contributed by atoms with Crippen molar-refractivity contribution in [2.24, 2.45) is 0 Å². The molecule has 3 N–H and O–H groups in total. The van der Waals surface area contributed by atoms with Gasteiger partial charge in [0.25, 0.3) is 0 Å². The van der Waals surface area contributed by atoms with E-state index in [9.17, 15) is 13.6 Å². The molecule has 0 unspecified atom stereocenters. The molecule has 0 atom stereocenters. The van der Waals surface area contributed by atoms with Crippen LogP contribution in [-0.2, 0) is 0 Å². The number of nitriles is 1. The van der Waals surface area contributed by atoms with Gasteiger partial charge < -0.3 is 15.6 Å². The van der Waals surface area contributed by atoms with Gasteiger partial charge in [0.15, 0.2) is 0 Å². The summed E-state index contributed by atoms with van der Waals surface area (Å²) in [5, 5.41) is 17.3. The number of aromatic carboxylic acids is 1. The summed E-state index contributed by atoms with van der Waals surface area (Å²) < 4.78 is 28.0. The Morgan fingerprint density at radius 2 is 2.19 bits per heavy atom. The number of nitrogens with zero attached hydrogens (tertiary/aromatic N) is 1. The molecule has 1 aromatic carbocycles.